The van der Waals surface area contributed by atoms with Crippen molar-refractivity contribution in [2.24, 2.45) is 0 Å². The van der Waals surface area contributed by atoms with Gasteiger partial charge in [0.25, 0.3) is 0 Å². The fourth-order valence-corrected chi connectivity index (χ4v) is 13.8. The molecule has 29 heavy (non-hydrogen) atoms. The van der Waals surface area contributed by atoms with Gasteiger partial charge in [0.2, 0.25) is 0 Å². The summed E-state index contributed by atoms with van der Waals surface area (Å²) in [4.78, 5) is 6.71. The molecular weight excluding hydrogens is 577 g/mol. The standard InChI is InChI=1S/2C10H20PSi2.2ClH.Zr/c2*1-12(2,3)9-7-8-10(11-9)13(4,5)6;;;/h2*7,11H,1-6H3;2*1H;/q2*-1;;;+4/p-2. The maximum Gasteiger partial charge on any atom is 4.00 e. The minimum absolute atomic E-state index is 0. The molecule has 9 heteroatoms. The second kappa shape index (κ2) is 13.0. The molecule has 0 saturated carbocycles. The monoisotopic (exact) mass is 614 g/mol. The molecule has 164 valence electrons. The molecule has 0 aromatic carbocycles. The number of halogens is 2. The smallest absolute Gasteiger partial charge is 1.00 e. The van der Waals surface area contributed by atoms with E-state index in [4.69, 9.17) is 0 Å². The first-order chi connectivity index (χ1) is 11.4. The molecule has 0 aliphatic carbocycles. The molecule has 0 spiro atoms. The summed E-state index contributed by atoms with van der Waals surface area (Å²) in [6, 6.07) is 11.6. The Labute approximate surface area is 220 Å². The molecule has 0 aliphatic rings. The molecule has 0 aliphatic heterocycles. The van der Waals surface area contributed by atoms with Gasteiger partial charge in [-0.25, -0.2) is 40.7 Å². The Morgan fingerprint density at radius 3 is 0.862 bits per heavy atom. The second-order valence-electron chi connectivity index (χ2n) is 11.4. The van der Waals surface area contributed by atoms with Crippen molar-refractivity contribution in [3.8, 4) is 0 Å². The van der Waals surface area contributed by atoms with E-state index in [0.717, 1.165) is 16.4 Å². The van der Waals surface area contributed by atoms with Crippen LogP contribution in [0.3, 0.4) is 0 Å². The fourth-order valence-electron chi connectivity index (χ4n) is 2.32. The molecular formula is C20H40Cl2P2Si4Zr. The van der Waals surface area contributed by atoms with Crippen molar-refractivity contribution >= 4 is 68.4 Å². The molecule has 2 rings (SSSR count). The first kappa shape index (κ1) is 35.5. The molecule has 2 unspecified atom stereocenters. The molecule has 0 radical (unpaired) electrons. The Bertz CT molecular complexity index is 599. The van der Waals surface area contributed by atoms with E-state index in [0.29, 0.717) is 0 Å². The number of hydrogen-bond acceptors (Lipinski definition) is 0. The van der Waals surface area contributed by atoms with Crippen LogP contribution in [-0.4, -0.2) is 32.3 Å². The third-order valence-corrected chi connectivity index (χ3v) is 23.3. The predicted octanol–water partition coefficient (Wildman–Crippen LogP) is -0.778. The minimum atomic E-state index is -1.06. The SMILES string of the molecule is C[Si](C)(C)c1[c-]cc([Si](C)(C)C)[pH]1.C[Si](C)(C)c1[c-]cc([Si](C)(C)C)[pH]1.[Cl-].[Cl-].[Zr+4]. The van der Waals surface area contributed by atoms with Crippen molar-refractivity contribution in [2.75, 3.05) is 0 Å². The van der Waals surface area contributed by atoms with E-state index in [2.05, 4.69) is 103 Å². The molecule has 2 aromatic rings. The van der Waals surface area contributed by atoms with Crippen molar-refractivity contribution in [1.29, 1.82) is 0 Å². The summed E-state index contributed by atoms with van der Waals surface area (Å²) in [6.45, 7) is 29.1. The number of hydrogen-bond donors (Lipinski definition) is 0. The van der Waals surface area contributed by atoms with Crippen LogP contribution in [0.5, 0.6) is 0 Å². The zero-order valence-corrected chi connectivity index (χ0v) is 30.4. The van der Waals surface area contributed by atoms with E-state index >= 15 is 0 Å². The Hall–Kier alpha value is 1.89. The van der Waals surface area contributed by atoms with Gasteiger partial charge in [0, 0.05) is 0 Å². The summed E-state index contributed by atoms with van der Waals surface area (Å²) in [6.07, 6.45) is 0. The van der Waals surface area contributed by atoms with Gasteiger partial charge in [-0.05, 0) is 16.1 Å². The normalized spacial score (nSPS) is 12.6. The van der Waals surface area contributed by atoms with Gasteiger partial charge in [-0.3, -0.25) is 0 Å². The van der Waals surface area contributed by atoms with E-state index < -0.39 is 32.3 Å². The Morgan fingerprint density at radius 2 is 0.759 bits per heavy atom. The molecule has 0 saturated heterocycles. The largest absolute Gasteiger partial charge is 4.00 e. The average Bonchev–Trinajstić information content (AvgIpc) is 3.06. The van der Waals surface area contributed by atoms with Crippen molar-refractivity contribution < 1.29 is 51.0 Å². The predicted molar refractivity (Wildman–Crippen MR) is 141 cm³/mol. The van der Waals surface area contributed by atoms with Crippen LogP contribution in [-0.2, 0) is 26.2 Å². The van der Waals surface area contributed by atoms with Crippen LogP contribution in [0.2, 0.25) is 78.6 Å². The summed E-state index contributed by atoms with van der Waals surface area (Å²) in [5.41, 5.74) is 0. The first-order valence-electron chi connectivity index (χ1n) is 9.65. The zero-order chi connectivity index (χ0) is 20.6. The van der Waals surface area contributed by atoms with Crippen molar-refractivity contribution in [3.63, 3.8) is 0 Å². The Morgan fingerprint density at radius 1 is 0.517 bits per heavy atom. The van der Waals surface area contributed by atoms with Crippen LogP contribution in [0.1, 0.15) is 0 Å². The van der Waals surface area contributed by atoms with E-state index in [9.17, 15) is 0 Å². The topological polar surface area (TPSA) is 0 Å². The molecule has 0 amide bonds. The van der Waals surface area contributed by atoms with Crippen LogP contribution >= 0.6 is 16.4 Å². The first-order valence-corrected chi connectivity index (χ1v) is 25.7. The molecule has 0 fully saturated rings. The van der Waals surface area contributed by atoms with Gasteiger partial charge in [-0.1, -0.05) is 78.6 Å². The Kier molecular flexibility index (Phi) is 15.8. The van der Waals surface area contributed by atoms with Gasteiger partial charge in [-0.2, -0.15) is 9.84 Å². The van der Waals surface area contributed by atoms with Crippen molar-refractivity contribution in [2.45, 2.75) is 78.6 Å². The second-order valence-corrected chi connectivity index (χ2v) is 36.1. The quantitative estimate of drug-likeness (QED) is 0.313. The Balaban J connectivity index is -0.000000422. The van der Waals surface area contributed by atoms with Crippen LogP contribution in [0.15, 0.2) is 12.1 Å². The van der Waals surface area contributed by atoms with E-state index in [1.165, 1.54) is 0 Å². The number of rotatable bonds is 4. The molecule has 2 heterocycles. The molecule has 0 bridgehead atoms. The van der Waals surface area contributed by atoms with Crippen molar-refractivity contribution in [1.82, 2.24) is 0 Å². The zero-order valence-electron chi connectivity index (χ0n) is 20.4. The average molecular weight is 617 g/mol. The van der Waals surface area contributed by atoms with Crippen LogP contribution in [0, 0.1) is 12.1 Å². The summed E-state index contributed by atoms with van der Waals surface area (Å²) >= 11 is 0. The summed E-state index contributed by atoms with van der Waals surface area (Å²) in [5, 5.41) is 0. The third kappa shape index (κ3) is 12.1. The van der Waals surface area contributed by atoms with Gasteiger partial charge in [0.1, 0.15) is 0 Å². The van der Waals surface area contributed by atoms with Crippen LogP contribution in [0.25, 0.3) is 0 Å². The van der Waals surface area contributed by atoms with Gasteiger partial charge in [-0.15, -0.1) is 9.84 Å². The van der Waals surface area contributed by atoms with Gasteiger partial charge in [0.05, 0.1) is 16.1 Å². The van der Waals surface area contributed by atoms with Crippen LogP contribution < -0.4 is 44.5 Å². The van der Waals surface area contributed by atoms with E-state index in [-0.39, 0.29) is 51.0 Å². The van der Waals surface area contributed by atoms with Gasteiger partial charge >= 0.3 is 26.2 Å². The fraction of sp³-hybridized carbons (Fsp3) is 0.600. The van der Waals surface area contributed by atoms with Crippen molar-refractivity contribution in [3.05, 3.63) is 24.3 Å². The van der Waals surface area contributed by atoms with Gasteiger partial charge < -0.3 is 24.8 Å². The van der Waals surface area contributed by atoms with E-state index in [1.54, 1.807) is 19.7 Å². The molecule has 0 N–H and O–H groups in total. The minimum Gasteiger partial charge on any atom is -1.00 e. The maximum absolute atomic E-state index is 3.52. The van der Waals surface area contributed by atoms with Gasteiger partial charge in [0.15, 0.2) is 0 Å². The summed E-state index contributed by atoms with van der Waals surface area (Å²) in [5.74, 6) is 0. The van der Waals surface area contributed by atoms with Crippen LogP contribution in [0.4, 0.5) is 0 Å². The summed E-state index contributed by atoms with van der Waals surface area (Å²) in [7, 11) is -2.21. The van der Waals surface area contributed by atoms with E-state index in [1.807, 2.05) is 0 Å². The molecule has 2 aromatic heterocycles. The third-order valence-electron chi connectivity index (χ3n) is 4.36. The molecule has 2 atom stereocenters. The maximum atomic E-state index is 3.52. The molecule has 0 nitrogen and oxygen atoms in total. The summed E-state index contributed by atoms with van der Waals surface area (Å²) < 4.78 is 0.